The Morgan fingerprint density at radius 1 is 1.25 bits per heavy atom. The van der Waals surface area contributed by atoms with E-state index in [9.17, 15) is 20.0 Å². The largest absolute Gasteiger partial charge is 0.494 e. The number of rotatable bonds is 3. The van der Waals surface area contributed by atoms with Crippen molar-refractivity contribution in [3.8, 4) is 5.88 Å². The monoisotopic (exact) mass is 274 g/mol. The summed E-state index contributed by atoms with van der Waals surface area (Å²) in [7, 11) is 0. The second kappa shape index (κ2) is 5.16. The molecule has 1 aromatic heterocycles. The van der Waals surface area contributed by atoms with Crippen LogP contribution in [0.3, 0.4) is 0 Å². The summed E-state index contributed by atoms with van der Waals surface area (Å²) in [4.78, 5) is 22.0. The van der Waals surface area contributed by atoms with E-state index >= 15 is 0 Å². The first kappa shape index (κ1) is 13.8. The number of pyridine rings is 1. The third-order valence-corrected chi connectivity index (χ3v) is 3.28. The zero-order valence-electron chi connectivity index (χ0n) is 11.2. The smallest absolute Gasteiger partial charge is 0.269 e. The van der Waals surface area contributed by atoms with E-state index in [4.69, 9.17) is 0 Å². The molecule has 1 N–H and O–H groups in total. The van der Waals surface area contributed by atoms with Gasteiger partial charge in [-0.05, 0) is 25.0 Å². The Labute approximate surface area is 115 Å². The molecule has 104 valence electrons. The maximum Gasteiger partial charge on any atom is 0.269 e. The predicted molar refractivity (Wildman–Crippen MR) is 74.0 cm³/mol. The maximum absolute atomic E-state index is 11.9. The molecule has 0 atom stereocenters. The minimum atomic E-state index is -0.483. The summed E-state index contributed by atoms with van der Waals surface area (Å²) >= 11 is 0. The number of nitro benzene ring substituents is 1. The van der Waals surface area contributed by atoms with Gasteiger partial charge in [-0.25, -0.2) is 0 Å². The van der Waals surface area contributed by atoms with Crippen LogP contribution < -0.4 is 5.56 Å². The molecule has 6 heteroatoms. The molecule has 2 aromatic rings. The fourth-order valence-electron chi connectivity index (χ4n) is 1.91. The van der Waals surface area contributed by atoms with Gasteiger partial charge in [-0.2, -0.15) is 0 Å². The molecule has 0 aliphatic heterocycles. The minimum Gasteiger partial charge on any atom is -0.494 e. The van der Waals surface area contributed by atoms with Crippen LogP contribution in [0, 0.1) is 24.0 Å². The standard InChI is InChI=1S/C14H14N2O4/c1-9-7-13(17)15(14(18)10(9)2)8-11-3-5-12(6-4-11)16(19)20/h3-7,18H,8H2,1-2H3. The Morgan fingerprint density at radius 2 is 1.85 bits per heavy atom. The number of hydrogen-bond donors (Lipinski definition) is 1. The molecular weight excluding hydrogens is 260 g/mol. The topological polar surface area (TPSA) is 85.4 Å². The van der Waals surface area contributed by atoms with Crippen LogP contribution in [-0.2, 0) is 6.54 Å². The number of aromatic hydroxyl groups is 1. The van der Waals surface area contributed by atoms with E-state index in [2.05, 4.69) is 0 Å². The summed E-state index contributed by atoms with van der Waals surface area (Å²) in [6, 6.07) is 7.34. The number of nitrogens with zero attached hydrogens (tertiary/aromatic N) is 2. The van der Waals surface area contributed by atoms with Crippen molar-refractivity contribution < 1.29 is 10.0 Å². The minimum absolute atomic E-state index is 0.00888. The van der Waals surface area contributed by atoms with Crippen LogP contribution in [0.15, 0.2) is 35.1 Å². The van der Waals surface area contributed by atoms with Gasteiger partial charge in [0.25, 0.3) is 11.2 Å². The molecule has 20 heavy (non-hydrogen) atoms. The van der Waals surface area contributed by atoms with Crippen molar-refractivity contribution in [3.05, 3.63) is 67.5 Å². The number of hydrogen-bond acceptors (Lipinski definition) is 4. The van der Waals surface area contributed by atoms with E-state index in [1.54, 1.807) is 26.0 Å². The first-order valence-corrected chi connectivity index (χ1v) is 6.03. The number of benzene rings is 1. The van der Waals surface area contributed by atoms with E-state index in [-0.39, 0.29) is 23.7 Å². The van der Waals surface area contributed by atoms with E-state index in [1.165, 1.54) is 22.8 Å². The van der Waals surface area contributed by atoms with Gasteiger partial charge < -0.3 is 5.11 Å². The molecule has 0 aliphatic rings. The molecule has 6 nitrogen and oxygen atoms in total. The van der Waals surface area contributed by atoms with Gasteiger partial charge in [-0.1, -0.05) is 12.1 Å². The molecule has 0 bridgehead atoms. The second-order valence-electron chi connectivity index (χ2n) is 4.62. The normalized spacial score (nSPS) is 10.5. The Kier molecular flexibility index (Phi) is 3.56. The highest BCUT2D eigenvalue weighted by Crippen LogP contribution is 2.19. The molecule has 1 aromatic carbocycles. The van der Waals surface area contributed by atoms with Crippen molar-refractivity contribution in [3.63, 3.8) is 0 Å². The fraction of sp³-hybridized carbons (Fsp3) is 0.214. The predicted octanol–water partition coefficient (Wildman–Crippen LogP) is 2.13. The van der Waals surface area contributed by atoms with Gasteiger partial charge in [0, 0.05) is 23.8 Å². The molecule has 1 heterocycles. The third-order valence-electron chi connectivity index (χ3n) is 3.28. The lowest BCUT2D eigenvalue weighted by molar-refractivity contribution is -0.384. The lowest BCUT2D eigenvalue weighted by atomic mass is 10.1. The summed E-state index contributed by atoms with van der Waals surface area (Å²) in [6.07, 6.45) is 0. The van der Waals surface area contributed by atoms with Crippen LogP contribution in [-0.4, -0.2) is 14.6 Å². The summed E-state index contributed by atoms with van der Waals surface area (Å²) in [5.41, 5.74) is 1.77. The van der Waals surface area contributed by atoms with Crippen LogP contribution in [0.5, 0.6) is 5.88 Å². The summed E-state index contributed by atoms with van der Waals surface area (Å²) < 4.78 is 1.24. The van der Waals surface area contributed by atoms with Crippen molar-refractivity contribution in [2.24, 2.45) is 0 Å². The van der Waals surface area contributed by atoms with Crippen LogP contribution >= 0.6 is 0 Å². The maximum atomic E-state index is 11.9. The van der Waals surface area contributed by atoms with Crippen molar-refractivity contribution in [2.45, 2.75) is 20.4 Å². The van der Waals surface area contributed by atoms with E-state index < -0.39 is 4.92 Å². The average molecular weight is 274 g/mol. The Bertz CT molecular complexity index is 717. The van der Waals surface area contributed by atoms with Crippen LogP contribution in [0.25, 0.3) is 0 Å². The molecule has 0 fully saturated rings. The van der Waals surface area contributed by atoms with Crippen LogP contribution in [0.4, 0.5) is 5.69 Å². The molecule has 0 amide bonds. The van der Waals surface area contributed by atoms with Crippen LogP contribution in [0.2, 0.25) is 0 Å². The summed E-state index contributed by atoms with van der Waals surface area (Å²) in [5, 5.41) is 20.6. The highest BCUT2D eigenvalue weighted by atomic mass is 16.6. The second-order valence-corrected chi connectivity index (χ2v) is 4.62. The van der Waals surface area contributed by atoms with E-state index in [0.717, 1.165) is 5.56 Å². The summed E-state index contributed by atoms with van der Waals surface area (Å²) in [6.45, 7) is 3.66. The third kappa shape index (κ3) is 2.54. The van der Waals surface area contributed by atoms with Gasteiger partial charge in [0.15, 0.2) is 5.88 Å². The average Bonchev–Trinajstić information content (AvgIpc) is 2.42. The Morgan fingerprint density at radius 3 is 2.40 bits per heavy atom. The quantitative estimate of drug-likeness (QED) is 0.686. The first-order chi connectivity index (χ1) is 9.40. The Hall–Kier alpha value is -2.63. The molecule has 2 rings (SSSR count). The van der Waals surface area contributed by atoms with Crippen LogP contribution in [0.1, 0.15) is 16.7 Å². The fourth-order valence-corrected chi connectivity index (χ4v) is 1.91. The number of non-ortho nitro benzene ring substituents is 1. The van der Waals surface area contributed by atoms with E-state index in [0.29, 0.717) is 11.1 Å². The highest BCUT2D eigenvalue weighted by molar-refractivity contribution is 5.35. The van der Waals surface area contributed by atoms with E-state index in [1.807, 2.05) is 0 Å². The molecule has 0 saturated carbocycles. The van der Waals surface area contributed by atoms with Gasteiger partial charge in [-0.3, -0.25) is 19.5 Å². The number of aryl methyl sites for hydroxylation is 1. The van der Waals surface area contributed by atoms with Gasteiger partial charge in [0.1, 0.15) is 0 Å². The zero-order valence-corrected chi connectivity index (χ0v) is 11.2. The molecule has 0 spiro atoms. The first-order valence-electron chi connectivity index (χ1n) is 6.03. The van der Waals surface area contributed by atoms with Crippen molar-refractivity contribution >= 4 is 5.69 Å². The highest BCUT2D eigenvalue weighted by Gasteiger charge is 2.10. The molecule has 0 radical (unpaired) electrons. The van der Waals surface area contributed by atoms with Gasteiger partial charge in [-0.15, -0.1) is 0 Å². The lowest BCUT2D eigenvalue weighted by Crippen LogP contribution is -2.21. The SMILES string of the molecule is Cc1cc(=O)n(Cc2ccc([N+](=O)[O-])cc2)c(O)c1C. The molecule has 0 unspecified atom stereocenters. The number of nitro groups is 1. The van der Waals surface area contributed by atoms with Crippen molar-refractivity contribution in [1.29, 1.82) is 0 Å². The summed E-state index contributed by atoms with van der Waals surface area (Å²) in [5.74, 6) is -0.0756. The van der Waals surface area contributed by atoms with Crippen molar-refractivity contribution in [1.82, 2.24) is 4.57 Å². The van der Waals surface area contributed by atoms with Gasteiger partial charge in [0.05, 0.1) is 11.5 Å². The van der Waals surface area contributed by atoms with Gasteiger partial charge in [0.2, 0.25) is 0 Å². The molecule has 0 saturated heterocycles. The molecule has 0 aliphatic carbocycles. The Balaban J connectivity index is 2.38. The lowest BCUT2D eigenvalue weighted by Gasteiger charge is -2.12. The number of aromatic nitrogens is 1. The molecular formula is C14H14N2O4. The zero-order chi connectivity index (χ0) is 14.9. The van der Waals surface area contributed by atoms with Gasteiger partial charge >= 0.3 is 0 Å². The van der Waals surface area contributed by atoms with Crippen molar-refractivity contribution in [2.75, 3.05) is 0 Å².